The zero-order chi connectivity index (χ0) is 21.2. The normalized spacial score (nSPS) is 23.7. The molecule has 29 heavy (non-hydrogen) atoms. The van der Waals surface area contributed by atoms with E-state index in [0.29, 0.717) is 25.7 Å². The summed E-state index contributed by atoms with van der Waals surface area (Å²) in [5, 5.41) is 3.07. The number of anilines is 2. The molecule has 0 spiro atoms. The SMILES string of the molecule is NC(=O)OC1CCC(Nc2cc(F)c(N3CCC(C(F)(F)F)CC3)c(F)c2)CC1. The van der Waals surface area contributed by atoms with Crippen LogP contribution >= 0.6 is 0 Å². The van der Waals surface area contributed by atoms with Crippen LogP contribution in [0.2, 0.25) is 0 Å². The van der Waals surface area contributed by atoms with Crippen molar-refractivity contribution in [1.82, 2.24) is 0 Å². The number of benzene rings is 1. The number of nitrogens with zero attached hydrogens (tertiary/aromatic N) is 1. The van der Waals surface area contributed by atoms with Crippen molar-refractivity contribution in [1.29, 1.82) is 0 Å². The number of hydrogen-bond donors (Lipinski definition) is 2. The van der Waals surface area contributed by atoms with Crippen molar-refractivity contribution in [3.05, 3.63) is 23.8 Å². The first-order valence-corrected chi connectivity index (χ1v) is 9.67. The Morgan fingerprint density at radius 2 is 1.59 bits per heavy atom. The molecule has 0 aromatic heterocycles. The summed E-state index contributed by atoms with van der Waals surface area (Å²) < 4.78 is 72.5. The summed E-state index contributed by atoms with van der Waals surface area (Å²) in [7, 11) is 0. The van der Waals surface area contributed by atoms with Gasteiger partial charge in [0.25, 0.3) is 0 Å². The van der Waals surface area contributed by atoms with Crippen LogP contribution in [0.25, 0.3) is 0 Å². The van der Waals surface area contributed by atoms with E-state index in [1.54, 1.807) is 0 Å². The van der Waals surface area contributed by atoms with Crippen molar-refractivity contribution in [3.63, 3.8) is 0 Å². The van der Waals surface area contributed by atoms with E-state index in [4.69, 9.17) is 10.5 Å². The van der Waals surface area contributed by atoms with E-state index in [1.165, 1.54) is 17.0 Å². The minimum absolute atomic E-state index is 0.0325. The van der Waals surface area contributed by atoms with Crippen molar-refractivity contribution in [2.24, 2.45) is 11.7 Å². The van der Waals surface area contributed by atoms with Gasteiger partial charge >= 0.3 is 12.3 Å². The molecular formula is C19H24F5N3O2. The highest BCUT2D eigenvalue weighted by molar-refractivity contribution is 5.64. The number of carbonyl (C=O) groups excluding carboxylic acids is 1. The highest BCUT2D eigenvalue weighted by atomic mass is 19.4. The Kier molecular flexibility index (Phi) is 6.38. The Labute approximate surface area is 165 Å². The summed E-state index contributed by atoms with van der Waals surface area (Å²) >= 11 is 0. The third-order valence-corrected chi connectivity index (χ3v) is 5.62. The second kappa shape index (κ2) is 8.62. The Balaban J connectivity index is 1.60. The molecule has 1 aromatic carbocycles. The topological polar surface area (TPSA) is 67.6 Å². The number of carbonyl (C=O) groups is 1. The van der Waals surface area contributed by atoms with Crippen molar-refractivity contribution in [2.45, 2.75) is 56.8 Å². The minimum atomic E-state index is -4.28. The Morgan fingerprint density at radius 1 is 1.03 bits per heavy atom. The second-order valence-corrected chi connectivity index (χ2v) is 7.65. The van der Waals surface area contributed by atoms with E-state index in [2.05, 4.69) is 5.32 Å². The molecule has 0 atom stereocenters. The number of nitrogens with one attached hydrogen (secondary N) is 1. The molecule has 3 rings (SSSR count). The molecule has 162 valence electrons. The summed E-state index contributed by atoms with van der Waals surface area (Å²) in [6.45, 7) is -0.0939. The number of rotatable bonds is 4. The predicted octanol–water partition coefficient (Wildman–Crippen LogP) is 4.56. The molecule has 1 aliphatic heterocycles. The van der Waals surface area contributed by atoms with E-state index < -0.39 is 29.8 Å². The second-order valence-electron chi connectivity index (χ2n) is 7.65. The fourth-order valence-corrected chi connectivity index (χ4v) is 4.11. The summed E-state index contributed by atoms with van der Waals surface area (Å²) in [6.07, 6.45) is -3.23. The van der Waals surface area contributed by atoms with E-state index >= 15 is 0 Å². The van der Waals surface area contributed by atoms with Crippen molar-refractivity contribution in [2.75, 3.05) is 23.3 Å². The molecule has 2 aliphatic rings. The fourth-order valence-electron chi connectivity index (χ4n) is 4.11. The minimum Gasteiger partial charge on any atom is -0.446 e. The molecule has 0 bridgehead atoms. The summed E-state index contributed by atoms with van der Waals surface area (Å²) in [4.78, 5) is 12.1. The number of halogens is 5. The van der Waals surface area contributed by atoms with Crippen molar-refractivity contribution < 1.29 is 31.5 Å². The first-order chi connectivity index (χ1) is 13.6. The van der Waals surface area contributed by atoms with Gasteiger partial charge in [-0.15, -0.1) is 0 Å². The number of primary amides is 1. The third kappa shape index (κ3) is 5.42. The van der Waals surface area contributed by atoms with Crippen LogP contribution in [0, 0.1) is 17.6 Å². The molecule has 1 heterocycles. The van der Waals surface area contributed by atoms with Crippen molar-refractivity contribution >= 4 is 17.5 Å². The summed E-state index contributed by atoms with van der Waals surface area (Å²) in [5.74, 6) is -3.04. The van der Waals surface area contributed by atoms with Gasteiger partial charge in [0.1, 0.15) is 11.8 Å². The average molecular weight is 421 g/mol. The van der Waals surface area contributed by atoms with Crippen LogP contribution in [-0.2, 0) is 4.74 Å². The molecular weight excluding hydrogens is 397 g/mol. The Hall–Kier alpha value is -2.26. The van der Waals surface area contributed by atoms with Crippen LogP contribution in [0.1, 0.15) is 38.5 Å². The van der Waals surface area contributed by atoms with Gasteiger partial charge in [-0.3, -0.25) is 0 Å². The van der Waals surface area contributed by atoms with Gasteiger partial charge in [0.15, 0.2) is 11.6 Å². The lowest BCUT2D eigenvalue weighted by atomic mass is 9.92. The third-order valence-electron chi connectivity index (χ3n) is 5.62. The molecule has 5 nitrogen and oxygen atoms in total. The van der Waals surface area contributed by atoms with Crippen LogP contribution in [0.3, 0.4) is 0 Å². The first-order valence-electron chi connectivity index (χ1n) is 9.67. The number of alkyl halides is 3. The van der Waals surface area contributed by atoms with Gasteiger partial charge in [0.2, 0.25) is 0 Å². The lowest BCUT2D eigenvalue weighted by Crippen LogP contribution is -2.39. The maximum Gasteiger partial charge on any atom is 0.404 e. The molecule has 1 amide bonds. The average Bonchev–Trinajstić information content (AvgIpc) is 2.62. The smallest absolute Gasteiger partial charge is 0.404 e. The number of ether oxygens (including phenoxy) is 1. The van der Waals surface area contributed by atoms with Crippen LogP contribution < -0.4 is 16.0 Å². The Morgan fingerprint density at radius 3 is 2.07 bits per heavy atom. The van der Waals surface area contributed by atoms with E-state index in [0.717, 1.165) is 0 Å². The van der Waals surface area contributed by atoms with Gasteiger partial charge < -0.3 is 20.7 Å². The largest absolute Gasteiger partial charge is 0.446 e. The number of amides is 1. The maximum atomic E-state index is 14.6. The zero-order valence-corrected chi connectivity index (χ0v) is 15.8. The highest BCUT2D eigenvalue weighted by Gasteiger charge is 2.41. The van der Waals surface area contributed by atoms with Gasteiger partial charge in [-0.25, -0.2) is 13.6 Å². The molecule has 2 fully saturated rings. The van der Waals surface area contributed by atoms with Gasteiger partial charge in [0, 0.05) is 24.8 Å². The quantitative estimate of drug-likeness (QED) is 0.700. The van der Waals surface area contributed by atoms with Crippen molar-refractivity contribution in [3.8, 4) is 0 Å². The van der Waals surface area contributed by atoms with Crippen LogP contribution in [-0.4, -0.2) is 37.5 Å². The van der Waals surface area contributed by atoms with Crippen LogP contribution in [0.5, 0.6) is 0 Å². The molecule has 1 aromatic rings. The lowest BCUT2D eigenvalue weighted by molar-refractivity contribution is -0.179. The van der Waals surface area contributed by atoms with E-state index in [-0.39, 0.29) is 49.5 Å². The molecule has 0 unspecified atom stereocenters. The monoisotopic (exact) mass is 421 g/mol. The lowest BCUT2D eigenvalue weighted by Gasteiger charge is -2.35. The maximum absolute atomic E-state index is 14.6. The summed E-state index contributed by atoms with van der Waals surface area (Å²) in [6, 6.07) is 2.30. The van der Waals surface area contributed by atoms with Gasteiger partial charge in [-0.2, -0.15) is 13.2 Å². The first kappa shape index (κ1) is 21.4. The fraction of sp³-hybridized carbons (Fsp3) is 0.632. The summed E-state index contributed by atoms with van der Waals surface area (Å²) in [5.41, 5.74) is 4.99. The van der Waals surface area contributed by atoms with Crippen LogP contribution in [0.4, 0.5) is 38.1 Å². The molecule has 0 radical (unpaired) electrons. The van der Waals surface area contributed by atoms with Gasteiger partial charge in [0.05, 0.1) is 5.92 Å². The predicted molar refractivity (Wildman–Crippen MR) is 97.7 cm³/mol. The molecule has 1 aliphatic carbocycles. The van der Waals surface area contributed by atoms with Gasteiger partial charge in [-0.05, 0) is 50.7 Å². The highest BCUT2D eigenvalue weighted by Crippen LogP contribution is 2.37. The van der Waals surface area contributed by atoms with Crippen LogP contribution in [0.15, 0.2) is 12.1 Å². The zero-order valence-electron chi connectivity index (χ0n) is 15.8. The number of hydrogen-bond acceptors (Lipinski definition) is 4. The van der Waals surface area contributed by atoms with E-state index in [9.17, 15) is 26.7 Å². The molecule has 3 N–H and O–H groups in total. The van der Waals surface area contributed by atoms with E-state index in [1.807, 2.05) is 0 Å². The number of piperidine rings is 1. The molecule has 10 heteroatoms. The van der Waals surface area contributed by atoms with Gasteiger partial charge in [-0.1, -0.05) is 0 Å². The molecule has 1 saturated heterocycles. The standard InChI is InChI=1S/C19H24F5N3O2/c20-15-9-13(26-12-1-3-14(4-2-12)29-18(25)28)10-16(21)17(15)27-7-5-11(6-8-27)19(22,23)24/h9-12,14,26H,1-8H2,(H2,25,28). The Bertz CT molecular complexity index is 704. The molecule has 1 saturated carbocycles. The number of nitrogens with two attached hydrogens (primary N) is 1.